The van der Waals surface area contributed by atoms with Crippen LogP contribution in [0.4, 0.5) is 0 Å². The van der Waals surface area contributed by atoms with E-state index in [1.165, 1.54) is 0 Å². The molecular weight excluding hydrogens is 378 g/mol. The van der Waals surface area contributed by atoms with E-state index in [0.29, 0.717) is 36.9 Å². The Kier molecular flexibility index (Phi) is 6.12. The number of hydrogen-bond donors (Lipinski definition) is 0. The van der Waals surface area contributed by atoms with Crippen molar-refractivity contribution in [3.8, 4) is 5.75 Å². The van der Waals surface area contributed by atoms with E-state index in [1.54, 1.807) is 0 Å². The summed E-state index contributed by atoms with van der Waals surface area (Å²) in [5, 5.41) is 4.12. The zero-order valence-electron chi connectivity index (χ0n) is 17.5. The van der Waals surface area contributed by atoms with Gasteiger partial charge in [-0.2, -0.15) is 4.98 Å². The molecule has 1 aliphatic heterocycles. The van der Waals surface area contributed by atoms with Crippen LogP contribution >= 0.6 is 0 Å². The minimum Gasteiger partial charge on any atom is -0.493 e. The van der Waals surface area contributed by atoms with Crippen molar-refractivity contribution in [3.63, 3.8) is 0 Å². The summed E-state index contributed by atoms with van der Waals surface area (Å²) in [6.07, 6.45) is 3.41. The molecule has 1 fully saturated rings. The fourth-order valence-corrected chi connectivity index (χ4v) is 3.84. The monoisotopic (exact) mass is 405 g/mol. The van der Waals surface area contributed by atoms with Crippen LogP contribution in [0.25, 0.3) is 0 Å². The number of amides is 1. The summed E-state index contributed by atoms with van der Waals surface area (Å²) in [7, 11) is 0. The van der Waals surface area contributed by atoms with Crippen LogP contribution in [0.5, 0.6) is 5.75 Å². The van der Waals surface area contributed by atoms with Gasteiger partial charge in [0.2, 0.25) is 5.89 Å². The number of carbonyl (C=O) groups excluding carboxylic acids is 1. The van der Waals surface area contributed by atoms with Crippen molar-refractivity contribution in [3.05, 3.63) is 76.9 Å². The Bertz CT molecular complexity index is 1010. The summed E-state index contributed by atoms with van der Waals surface area (Å²) in [6, 6.07) is 15.5. The number of benzene rings is 2. The number of rotatable bonds is 6. The van der Waals surface area contributed by atoms with Crippen LogP contribution < -0.4 is 4.74 Å². The smallest absolute Gasteiger partial charge is 0.254 e. The first kappa shape index (κ1) is 20.1. The maximum Gasteiger partial charge on any atom is 0.254 e. The second kappa shape index (κ2) is 9.11. The van der Waals surface area contributed by atoms with E-state index < -0.39 is 0 Å². The maximum absolute atomic E-state index is 13.1. The number of hydrogen-bond acceptors (Lipinski definition) is 5. The highest BCUT2D eigenvalue weighted by molar-refractivity contribution is 5.94. The number of likely N-dealkylation sites (tertiary alicyclic amines) is 1. The van der Waals surface area contributed by atoms with Gasteiger partial charge < -0.3 is 14.2 Å². The summed E-state index contributed by atoms with van der Waals surface area (Å²) in [6.45, 7) is 5.20. The predicted octanol–water partition coefficient (Wildman–Crippen LogP) is 4.68. The lowest BCUT2D eigenvalue weighted by atomic mass is 10.00. The summed E-state index contributed by atoms with van der Waals surface area (Å²) in [5.41, 5.74) is 2.93. The van der Waals surface area contributed by atoms with Crippen molar-refractivity contribution in [2.24, 2.45) is 0 Å². The van der Waals surface area contributed by atoms with Crippen LogP contribution in [-0.4, -0.2) is 34.1 Å². The molecule has 1 amide bonds. The minimum absolute atomic E-state index is 0.0194. The molecule has 1 aliphatic rings. The van der Waals surface area contributed by atoms with Crippen molar-refractivity contribution in [1.82, 2.24) is 15.0 Å². The Labute approximate surface area is 176 Å². The Hall–Kier alpha value is -3.15. The third kappa shape index (κ3) is 4.70. The first-order valence-corrected chi connectivity index (χ1v) is 10.5. The zero-order valence-corrected chi connectivity index (χ0v) is 17.5. The molecular formula is C24H27N3O3. The number of aryl methyl sites for hydroxylation is 2. The summed E-state index contributed by atoms with van der Waals surface area (Å²) >= 11 is 0. The Morgan fingerprint density at radius 3 is 2.73 bits per heavy atom. The molecule has 2 aromatic carbocycles. The Morgan fingerprint density at radius 1 is 1.13 bits per heavy atom. The van der Waals surface area contributed by atoms with Crippen LogP contribution in [0.2, 0.25) is 0 Å². The average molecular weight is 405 g/mol. The normalized spacial score (nSPS) is 16.5. The molecule has 1 unspecified atom stereocenters. The van der Waals surface area contributed by atoms with Gasteiger partial charge in [0.15, 0.2) is 5.82 Å². The standard InChI is InChI=1S/C24H27N3O3/c1-17-7-5-9-19(15-17)24(28)27-13-4-3-11-21(27)23-25-22(26-30-23)12-14-29-20-10-6-8-18(2)16-20/h5-10,15-16,21H,3-4,11-14H2,1-2H3. The number of aromatic nitrogens is 2. The van der Waals surface area contributed by atoms with Gasteiger partial charge in [-0.25, -0.2) is 0 Å². The molecule has 1 saturated heterocycles. The molecule has 0 N–H and O–H groups in total. The van der Waals surface area contributed by atoms with Crippen molar-refractivity contribution in [1.29, 1.82) is 0 Å². The third-order valence-electron chi connectivity index (χ3n) is 5.38. The van der Waals surface area contributed by atoms with Crippen LogP contribution in [0, 0.1) is 13.8 Å². The summed E-state index contributed by atoms with van der Waals surface area (Å²) < 4.78 is 11.3. The zero-order chi connectivity index (χ0) is 20.9. The van der Waals surface area contributed by atoms with Gasteiger partial charge in [-0.1, -0.05) is 35.0 Å². The van der Waals surface area contributed by atoms with Gasteiger partial charge in [-0.15, -0.1) is 0 Å². The number of ether oxygens (including phenoxy) is 1. The van der Waals surface area contributed by atoms with E-state index in [9.17, 15) is 4.79 Å². The average Bonchev–Trinajstić information content (AvgIpc) is 3.22. The predicted molar refractivity (Wildman–Crippen MR) is 113 cm³/mol. The van der Waals surface area contributed by atoms with E-state index in [1.807, 2.05) is 67.3 Å². The van der Waals surface area contributed by atoms with Gasteiger partial charge in [0.25, 0.3) is 5.91 Å². The Balaban J connectivity index is 1.42. The highest BCUT2D eigenvalue weighted by Gasteiger charge is 2.32. The molecule has 3 aromatic rings. The molecule has 30 heavy (non-hydrogen) atoms. The topological polar surface area (TPSA) is 68.5 Å². The molecule has 2 heterocycles. The first-order chi connectivity index (χ1) is 14.6. The molecule has 0 bridgehead atoms. The van der Waals surface area contributed by atoms with Crippen LogP contribution in [0.15, 0.2) is 53.1 Å². The van der Waals surface area contributed by atoms with Crippen LogP contribution in [-0.2, 0) is 6.42 Å². The van der Waals surface area contributed by atoms with Gasteiger partial charge in [0.1, 0.15) is 11.8 Å². The second-order valence-corrected chi connectivity index (χ2v) is 7.84. The van der Waals surface area contributed by atoms with Gasteiger partial charge in [-0.3, -0.25) is 4.79 Å². The molecule has 156 valence electrons. The molecule has 6 nitrogen and oxygen atoms in total. The number of carbonyl (C=O) groups is 1. The molecule has 4 rings (SSSR count). The van der Waals surface area contributed by atoms with E-state index >= 15 is 0 Å². The van der Waals surface area contributed by atoms with E-state index in [0.717, 1.165) is 36.1 Å². The number of piperidine rings is 1. The van der Waals surface area contributed by atoms with Crippen LogP contribution in [0.1, 0.15) is 58.5 Å². The lowest BCUT2D eigenvalue weighted by Gasteiger charge is -2.33. The largest absolute Gasteiger partial charge is 0.493 e. The fraction of sp³-hybridized carbons (Fsp3) is 0.375. The van der Waals surface area contributed by atoms with Crippen molar-refractivity contribution < 1.29 is 14.1 Å². The molecule has 6 heteroatoms. The molecule has 0 saturated carbocycles. The van der Waals surface area contributed by atoms with Gasteiger partial charge in [0.05, 0.1) is 6.61 Å². The van der Waals surface area contributed by atoms with E-state index in [-0.39, 0.29) is 11.9 Å². The lowest BCUT2D eigenvalue weighted by Crippen LogP contribution is -2.38. The minimum atomic E-state index is -0.175. The molecule has 1 aromatic heterocycles. The van der Waals surface area contributed by atoms with Crippen molar-refractivity contribution >= 4 is 5.91 Å². The SMILES string of the molecule is Cc1cccc(OCCc2noc(C3CCCCN3C(=O)c3cccc(C)c3)n2)c1. The van der Waals surface area contributed by atoms with Crippen molar-refractivity contribution in [2.75, 3.05) is 13.2 Å². The lowest BCUT2D eigenvalue weighted by molar-refractivity contribution is 0.0561. The van der Waals surface area contributed by atoms with Crippen LogP contribution in [0.3, 0.4) is 0 Å². The summed E-state index contributed by atoms with van der Waals surface area (Å²) in [4.78, 5) is 19.6. The van der Waals surface area contributed by atoms with E-state index in [2.05, 4.69) is 10.1 Å². The first-order valence-electron chi connectivity index (χ1n) is 10.5. The number of nitrogens with zero attached hydrogens (tertiary/aromatic N) is 3. The van der Waals surface area contributed by atoms with E-state index in [4.69, 9.17) is 9.26 Å². The quantitative estimate of drug-likeness (QED) is 0.596. The second-order valence-electron chi connectivity index (χ2n) is 7.84. The fourth-order valence-electron chi connectivity index (χ4n) is 3.84. The Morgan fingerprint density at radius 2 is 1.93 bits per heavy atom. The van der Waals surface area contributed by atoms with Gasteiger partial charge in [-0.05, 0) is 62.9 Å². The summed E-state index contributed by atoms with van der Waals surface area (Å²) in [5.74, 6) is 1.97. The third-order valence-corrected chi connectivity index (χ3v) is 5.38. The highest BCUT2D eigenvalue weighted by Crippen LogP contribution is 2.31. The van der Waals surface area contributed by atoms with Gasteiger partial charge in [0, 0.05) is 18.5 Å². The van der Waals surface area contributed by atoms with Gasteiger partial charge >= 0.3 is 0 Å². The molecule has 1 atom stereocenters. The molecule has 0 radical (unpaired) electrons. The molecule has 0 spiro atoms. The van der Waals surface area contributed by atoms with Crippen molar-refractivity contribution in [2.45, 2.75) is 45.6 Å². The highest BCUT2D eigenvalue weighted by atomic mass is 16.5. The maximum atomic E-state index is 13.1. The molecule has 0 aliphatic carbocycles.